The van der Waals surface area contributed by atoms with Gasteiger partial charge in [-0.25, -0.2) is 0 Å². The minimum atomic E-state index is -0.294. The minimum absolute atomic E-state index is 0.0766. The third-order valence-electron chi connectivity index (χ3n) is 9.07. The summed E-state index contributed by atoms with van der Waals surface area (Å²) in [6.07, 6.45) is 0.467. The molecule has 1 unspecified atom stereocenters. The molecular weight excluding hydrogens is 474 g/mol. The van der Waals surface area contributed by atoms with Crippen LogP contribution in [0.4, 0.5) is 0 Å². The molecule has 2 heteroatoms. The fraction of sp³-hybridized carbons (Fsp3) is 0.351. The molecule has 0 aliphatic carbocycles. The Balaban J connectivity index is 1.46. The summed E-state index contributed by atoms with van der Waals surface area (Å²) in [5, 5.41) is 14.0. The number of β-amino-alcohol motifs (C(OH)–C–C–N with tert-alkyl or cyclic N) is 1. The van der Waals surface area contributed by atoms with Gasteiger partial charge in [-0.15, -0.1) is 0 Å². The molecule has 1 aliphatic rings. The van der Waals surface area contributed by atoms with Crippen LogP contribution in [0.2, 0.25) is 0 Å². The van der Waals surface area contributed by atoms with E-state index < -0.39 is 0 Å². The predicted octanol–water partition coefficient (Wildman–Crippen LogP) is 7.81. The van der Waals surface area contributed by atoms with Crippen LogP contribution in [-0.4, -0.2) is 23.8 Å². The van der Waals surface area contributed by atoms with Gasteiger partial charge >= 0.3 is 0 Å². The van der Waals surface area contributed by atoms with Gasteiger partial charge in [-0.2, -0.15) is 0 Å². The van der Waals surface area contributed by atoms with Crippen molar-refractivity contribution in [1.82, 2.24) is 5.32 Å². The van der Waals surface area contributed by atoms with E-state index in [1.54, 1.807) is 0 Å². The minimum Gasteiger partial charge on any atom is -0.392 e. The smallest absolute Gasteiger partial charge is 0.0679 e. The molecule has 2 nitrogen and oxygen atoms in total. The lowest BCUT2D eigenvalue weighted by Gasteiger charge is -2.30. The number of rotatable bonds is 7. The van der Waals surface area contributed by atoms with Gasteiger partial charge in [0, 0.05) is 29.3 Å². The molecule has 1 aliphatic heterocycles. The maximum atomic E-state index is 10.4. The van der Waals surface area contributed by atoms with Crippen molar-refractivity contribution in [3.63, 3.8) is 0 Å². The fourth-order valence-corrected chi connectivity index (χ4v) is 6.15. The number of aryl methyl sites for hydroxylation is 2. The highest BCUT2D eigenvalue weighted by Crippen LogP contribution is 2.38. The Labute approximate surface area is 235 Å². The monoisotopic (exact) mass is 517 g/mol. The Bertz CT molecular complexity index is 1280. The molecule has 2 atom stereocenters. The Morgan fingerprint density at radius 3 is 1.23 bits per heavy atom. The van der Waals surface area contributed by atoms with Crippen LogP contribution >= 0.6 is 0 Å². The van der Waals surface area contributed by atoms with Crippen LogP contribution in [0, 0.1) is 13.8 Å². The Morgan fingerprint density at radius 2 is 0.923 bits per heavy atom. The van der Waals surface area contributed by atoms with E-state index >= 15 is 0 Å². The molecule has 4 aromatic rings. The lowest BCUT2D eigenvalue weighted by molar-refractivity contribution is 0.192. The largest absolute Gasteiger partial charge is 0.392 e. The number of aliphatic hydroxyl groups is 1. The summed E-state index contributed by atoms with van der Waals surface area (Å²) in [6, 6.07) is 36.3. The van der Waals surface area contributed by atoms with E-state index in [9.17, 15) is 5.11 Å². The molecule has 4 aromatic carbocycles. The van der Waals surface area contributed by atoms with Crippen molar-refractivity contribution >= 4 is 0 Å². The molecule has 39 heavy (non-hydrogen) atoms. The molecule has 0 amide bonds. The molecule has 2 N–H and O–H groups in total. The van der Waals surface area contributed by atoms with E-state index in [4.69, 9.17) is 0 Å². The first kappa shape index (κ1) is 27.4. The maximum absolute atomic E-state index is 10.4. The van der Waals surface area contributed by atoms with Gasteiger partial charge in [-0.3, -0.25) is 0 Å². The lowest BCUT2D eigenvalue weighted by Crippen LogP contribution is -2.30. The van der Waals surface area contributed by atoms with Gasteiger partial charge < -0.3 is 10.4 Å². The first-order chi connectivity index (χ1) is 18.6. The molecule has 0 aromatic heterocycles. The average Bonchev–Trinajstić information content (AvgIpc) is 3.35. The van der Waals surface area contributed by atoms with Gasteiger partial charge in [0.05, 0.1) is 6.10 Å². The third-order valence-corrected chi connectivity index (χ3v) is 9.07. The van der Waals surface area contributed by atoms with E-state index in [0.717, 1.165) is 6.42 Å². The number of hydrogen-bond donors (Lipinski definition) is 2. The first-order valence-corrected chi connectivity index (χ1v) is 14.3. The molecular formula is C37H43NO. The number of hydrogen-bond acceptors (Lipinski definition) is 2. The van der Waals surface area contributed by atoms with Crippen LogP contribution in [0.3, 0.4) is 0 Å². The maximum Gasteiger partial charge on any atom is 0.0679 e. The van der Waals surface area contributed by atoms with Crippen LogP contribution in [-0.2, 0) is 10.8 Å². The molecule has 1 saturated heterocycles. The second-order valence-electron chi connectivity index (χ2n) is 12.6. The highest BCUT2D eigenvalue weighted by Gasteiger charge is 2.33. The van der Waals surface area contributed by atoms with Crippen molar-refractivity contribution in [2.75, 3.05) is 6.54 Å². The topological polar surface area (TPSA) is 32.3 Å². The lowest BCUT2D eigenvalue weighted by atomic mass is 9.75. The van der Waals surface area contributed by atoms with Gasteiger partial charge in [-0.05, 0) is 53.6 Å². The molecule has 1 heterocycles. The van der Waals surface area contributed by atoms with Crippen LogP contribution < -0.4 is 5.32 Å². The highest BCUT2D eigenvalue weighted by atomic mass is 16.3. The van der Waals surface area contributed by atoms with Crippen LogP contribution in [0.5, 0.6) is 0 Å². The molecule has 5 rings (SSSR count). The standard InChI is InChI=1S/C37H43NO/c1-25-7-15-29(16-8-25)36(3,4)31-19-11-27(12-20-31)35(34-23-33(39)24-38-34)28-13-21-32(22-14-28)37(5,6)30-17-9-26(2)10-18-30/h7-22,33-35,38-39H,23-24H2,1-6H3/t33-,34?/m1/s1. The number of benzene rings is 4. The summed E-state index contributed by atoms with van der Waals surface area (Å²) in [7, 11) is 0. The van der Waals surface area contributed by atoms with Crippen molar-refractivity contribution in [1.29, 1.82) is 0 Å². The number of aliphatic hydroxyl groups excluding tert-OH is 1. The zero-order chi connectivity index (χ0) is 27.8. The molecule has 0 saturated carbocycles. The molecule has 202 valence electrons. The van der Waals surface area contributed by atoms with E-state index in [0.29, 0.717) is 6.54 Å². The quantitative estimate of drug-likeness (QED) is 0.262. The average molecular weight is 518 g/mol. The van der Waals surface area contributed by atoms with Crippen molar-refractivity contribution in [2.24, 2.45) is 0 Å². The van der Waals surface area contributed by atoms with Gasteiger partial charge in [-0.1, -0.05) is 136 Å². The summed E-state index contributed by atoms with van der Waals surface area (Å²) in [5.74, 6) is 0.176. The van der Waals surface area contributed by atoms with Crippen LogP contribution in [0.25, 0.3) is 0 Å². The van der Waals surface area contributed by atoms with Crippen molar-refractivity contribution < 1.29 is 5.11 Å². The second-order valence-corrected chi connectivity index (χ2v) is 12.6. The zero-order valence-corrected chi connectivity index (χ0v) is 24.3. The Hall–Kier alpha value is -3.20. The van der Waals surface area contributed by atoms with Crippen molar-refractivity contribution in [2.45, 2.75) is 76.9 Å². The molecule has 0 spiro atoms. The summed E-state index contributed by atoms with van der Waals surface area (Å²) in [4.78, 5) is 0. The highest BCUT2D eigenvalue weighted by molar-refractivity contribution is 5.45. The normalized spacial score (nSPS) is 18.1. The van der Waals surface area contributed by atoms with Gasteiger partial charge in [0.1, 0.15) is 0 Å². The molecule has 0 radical (unpaired) electrons. The predicted molar refractivity (Wildman–Crippen MR) is 164 cm³/mol. The second kappa shape index (κ2) is 10.8. The van der Waals surface area contributed by atoms with E-state index in [-0.39, 0.29) is 28.9 Å². The third kappa shape index (κ3) is 5.60. The van der Waals surface area contributed by atoms with E-state index in [1.165, 1.54) is 44.5 Å². The van der Waals surface area contributed by atoms with Crippen LogP contribution in [0.1, 0.15) is 84.5 Å². The van der Waals surface area contributed by atoms with Crippen LogP contribution in [0.15, 0.2) is 97.1 Å². The van der Waals surface area contributed by atoms with Crippen molar-refractivity contribution in [3.05, 3.63) is 142 Å². The molecule has 0 bridgehead atoms. The summed E-state index contributed by atoms with van der Waals surface area (Å²) >= 11 is 0. The molecule has 1 fully saturated rings. The summed E-state index contributed by atoms with van der Waals surface area (Å²) in [5.41, 5.74) is 10.3. The SMILES string of the molecule is Cc1ccc(C(C)(C)c2ccc(C(c3ccc(C(C)(C)c4ccc(C)cc4)cc3)C3C[C@@H](O)CN3)cc2)cc1. The Morgan fingerprint density at radius 1 is 0.590 bits per heavy atom. The van der Waals surface area contributed by atoms with E-state index in [1.807, 2.05) is 0 Å². The fourth-order valence-electron chi connectivity index (χ4n) is 6.15. The van der Waals surface area contributed by atoms with Gasteiger partial charge in [0.15, 0.2) is 0 Å². The van der Waals surface area contributed by atoms with Gasteiger partial charge in [0.25, 0.3) is 0 Å². The summed E-state index contributed by atoms with van der Waals surface area (Å²) in [6.45, 7) is 14.1. The van der Waals surface area contributed by atoms with Crippen molar-refractivity contribution in [3.8, 4) is 0 Å². The van der Waals surface area contributed by atoms with Gasteiger partial charge in [0.2, 0.25) is 0 Å². The zero-order valence-electron chi connectivity index (χ0n) is 24.3. The summed E-state index contributed by atoms with van der Waals surface area (Å²) < 4.78 is 0. The van der Waals surface area contributed by atoms with E-state index in [2.05, 4.69) is 144 Å². The number of nitrogens with one attached hydrogen (secondary N) is 1. The Kier molecular flexibility index (Phi) is 7.55. The first-order valence-electron chi connectivity index (χ1n) is 14.3.